The number of aromatic hydroxyl groups is 1. The van der Waals surface area contributed by atoms with Gasteiger partial charge >= 0.3 is 0 Å². The molecule has 0 radical (unpaired) electrons. The molecule has 0 saturated heterocycles. The number of phenolic OH excluding ortho intramolecular Hbond substituents is 1. The first-order valence-electron chi connectivity index (χ1n) is 12.0. The Morgan fingerprint density at radius 1 is 1.09 bits per heavy atom. The molecule has 32 heavy (non-hydrogen) atoms. The van der Waals surface area contributed by atoms with Gasteiger partial charge in [-0.05, 0) is 97.6 Å². The molecule has 0 amide bonds. The number of allylic oxidation sites excluding steroid dienone is 6. The minimum absolute atomic E-state index is 0.0624. The van der Waals surface area contributed by atoms with Crippen molar-refractivity contribution in [3.8, 4) is 11.5 Å². The number of rotatable bonds is 9. The highest BCUT2D eigenvalue weighted by Gasteiger charge is 2.38. The molecular formula is C29H42O3. The van der Waals surface area contributed by atoms with Crippen molar-refractivity contribution >= 4 is 5.78 Å². The van der Waals surface area contributed by atoms with Gasteiger partial charge in [-0.3, -0.25) is 4.79 Å². The molecule has 2 atom stereocenters. The fourth-order valence-corrected chi connectivity index (χ4v) is 4.35. The topological polar surface area (TPSA) is 46.5 Å². The van der Waals surface area contributed by atoms with Crippen molar-refractivity contribution < 1.29 is 14.6 Å². The minimum Gasteiger partial charge on any atom is -0.507 e. The van der Waals surface area contributed by atoms with E-state index < -0.39 is 5.60 Å². The van der Waals surface area contributed by atoms with Crippen LogP contribution in [0.4, 0.5) is 0 Å². The average molecular weight is 439 g/mol. The van der Waals surface area contributed by atoms with Gasteiger partial charge in [0.05, 0.1) is 12.0 Å². The van der Waals surface area contributed by atoms with Crippen LogP contribution in [0.25, 0.3) is 0 Å². The highest BCUT2D eigenvalue weighted by molar-refractivity contribution is 6.03. The molecule has 176 valence electrons. The Morgan fingerprint density at radius 3 is 2.44 bits per heavy atom. The molecule has 0 aromatic heterocycles. The summed E-state index contributed by atoms with van der Waals surface area (Å²) in [6.45, 7) is 16.4. The van der Waals surface area contributed by atoms with Gasteiger partial charge < -0.3 is 9.84 Å². The number of fused-ring (bicyclic) bond motifs is 1. The van der Waals surface area contributed by atoms with Crippen molar-refractivity contribution in [3.63, 3.8) is 0 Å². The molecule has 0 fully saturated rings. The molecule has 1 aliphatic heterocycles. The molecule has 1 aromatic carbocycles. The van der Waals surface area contributed by atoms with Crippen molar-refractivity contribution in [1.82, 2.24) is 0 Å². The maximum absolute atomic E-state index is 12.9. The molecule has 0 aliphatic carbocycles. The largest absolute Gasteiger partial charge is 0.507 e. The second-order valence-electron chi connectivity index (χ2n) is 10.2. The Balaban J connectivity index is 1.96. The van der Waals surface area contributed by atoms with E-state index in [4.69, 9.17) is 4.74 Å². The number of Topliss-reactive ketones (excluding diaryl/α,β-unsaturated/α-hetero) is 1. The Kier molecular flexibility index (Phi) is 8.95. The number of benzene rings is 1. The zero-order valence-corrected chi connectivity index (χ0v) is 21.4. The summed E-state index contributed by atoms with van der Waals surface area (Å²) in [4.78, 5) is 12.9. The highest BCUT2D eigenvalue weighted by atomic mass is 16.5. The van der Waals surface area contributed by atoms with Crippen LogP contribution in [0.15, 0.2) is 35.5 Å². The average Bonchev–Trinajstić information content (AvgIpc) is 2.69. The molecule has 1 N–H and O–H groups in total. The molecule has 0 saturated carbocycles. The van der Waals surface area contributed by atoms with Crippen LogP contribution in [-0.2, 0) is 0 Å². The summed E-state index contributed by atoms with van der Waals surface area (Å²) in [6, 6.07) is 0. The molecule has 0 spiro atoms. The first-order valence-corrected chi connectivity index (χ1v) is 12.0. The first kappa shape index (κ1) is 26.0. The zero-order chi connectivity index (χ0) is 24.1. The van der Waals surface area contributed by atoms with E-state index in [2.05, 4.69) is 52.0 Å². The van der Waals surface area contributed by atoms with Crippen LogP contribution >= 0.6 is 0 Å². The van der Waals surface area contributed by atoms with Crippen molar-refractivity contribution in [2.45, 2.75) is 99.5 Å². The van der Waals surface area contributed by atoms with Crippen molar-refractivity contribution in [1.29, 1.82) is 0 Å². The van der Waals surface area contributed by atoms with Crippen molar-refractivity contribution in [3.05, 3.63) is 57.7 Å². The summed E-state index contributed by atoms with van der Waals surface area (Å²) in [5.74, 6) is 1.61. The van der Waals surface area contributed by atoms with E-state index in [1.54, 1.807) is 6.92 Å². The van der Waals surface area contributed by atoms with E-state index in [0.717, 1.165) is 36.8 Å². The van der Waals surface area contributed by atoms with Crippen LogP contribution in [0.2, 0.25) is 0 Å². The van der Waals surface area contributed by atoms with Crippen LogP contribution in [0.3, 0.4) is 0 Å². The lowest BCUT2D eigenvalue weighted by Crippen LogP contribution is -2.39. The van der Waals surface area contributed by atoms with Crippen molar-refractivity contribution in [2.75, 3.05) is 0 Å². The van der Waals surface area contributed by atoms with Gasteiger partial charge in [-0.25, -0.2) is 0 Å². The molecule has 3 heteroatoms. The normalized spacial score (nSPS) is 19.6. The molecule has 3 nitrogen and oxygen atoms in total. The van der Waals surface area contributed by atoms with Gasteiger partial charge in [0.15, 0.2) is 5.78 Å². The van der Waals surface area contributed by atoms with Crippen LogP contribution in [0.1, 0.15) is 100 Å². The van der Waals surface area contributed by atoms with E-state index in [1.165, 1.54) is 17.6 Å². The number of hydrogen-bond donors (Lipinski definition) is 1. The van der Waals surface area contributed by atoms with Gasteiger partial charge in [0.1, 0.15) is 17.1 Å². The monoisotopic (exact) mass is 438 g/mol. The fourth-order valence-electron chi connectivity index (χ4n) is 4.35. The molecular weight excluding hydrogens is 396 g/mol. The SMILES string of the molecule is CC(C)=CCCC(C)C/C=C/C(C)=C/CCC1(C)CC(=O)c2c(C)c(O)c(C)c(C)c2O1. The predicted molar refractivity (Wildman–Crippen MR) is 135 cm³/mol. The Bertz CT molecular complexity index is 928. The lowest BCUT2D eigenvalue weighted by atomic mass is 9.84. The molecule has 1 aliphatic rings. The fraction of sp³-hybridized carbons (Fsp3) is 0.552. The zero-order valence-electron chi connectivity index (χ0n) is 21.4. The summed E-state index contributed by atoms with van der Waals surface area (Å²) >= 11 is 0. The molecule has 2 unspecified atom stereocenters. The molecule has 1 heterocycles. The Hall–Kier alpha value is -2.29. The summed E-state index contributed by atoms with van der Waals surface area (Å²) in [6.07, 6.45) is 14.5. The van der Waals surface area contributed by atoms with Gasteiger partial charge in [0.2, 0.25) is 0 Å². The third-order valence-corrected chi connectivity index (χ3v) is 6.65. The minimum atomic E-state index is -0.523. The second-order valence-corrected chi connectivity index (χ2v) is 10.2. The number of ketones is 1. The molecule has 1 aromatic rings. The quantitative estimate of drug-likeness (QED) is 0.313. The Morgan fingerprint density at radius 2 is 1.78 bits per heavy atom. The van der Waals surface area contributed by atoms with Crippen LogP contribution in [0, 0.1) is 26.7 Å². The van der Waals surface area contributed by atoms with Crippen LogP contribution in [0.5, 0.6) is 11.5 Å². The van der Waals surface area contributed by atoms with Gasteiger partial charge in [-0.15, -0.1) is 0 Å². The number of phenols is 1. The second kappa shape index (κ2) is 11.0. The van der Waals surface area contributed by atoms with E-state index in [0.29, 0.717) is 29.2 Å². The van der Waals surface area contributed by atoms with Crippen molar-refractivity contribution in [2.24, 2.45) is 5.92 Å². The lowest BCUT2D eigenvalue weighted by molar-refractivity contribution is 0.0467. The maximum Gasteiger partial charge on any atom is 0.170 e. The van der Waals surface area contributed by atoms with E-state index in [-0.39, 0.29) is 11.5 Å². The third-order valence-electron chi connectivity index (χ3n) is 6.65. The van der Waals surface area contributed by atoms with E-state index >= 15 is 0 Å². The maximum atomic E-state index is 12.9. The lowest BCUT2D eigenvalue weighted by Gasteiger charge is -2.37. The van der Waals surface area contributed by atoms with Crippen LogP contribution in [-0.4, -0.2) is 16.5 Å². The summed E-state index contributed by atoms with van der Waals surface area (Å²) in [5.41, 5.74) is 4.95. The van der Waals surface area contributed by atoms with E-state index in [9.17, 15) is 9.90 Å². The number of carbonyl (C=O) groups excluding carboxylic acids is 1. The van der Waals surface area contributed by atoms with Gasteiger partial charge in [0.25, 0.3) is 0 Å². The number of ether oxygens (including phenoxy) is 1. The van der Waals surface area contributed by atoms with E-state index in [1.807, 2.05) is 20.8 Å². The van der Waals surface area contributed by atoms with Gasteiger partial charge in [-0.1, -0.05) is 42.4 Å². The predicted octanol–water partition coefficient (Wildman–Crippen LogP) is 8.10. The summed E-state index contributed by atoms with van der Waals surface area (Å²) in [5, 5.41) is 10.3. The summed E-state index contributed by atoms with van der Waals surface area (Å²) in [7, 11) is 0. The summed E-state index contributed by atoms with van der Waals surface area (Å²) < 4.78 is 6.40. The van der Waals surface area contributed by atoms with Gasteiger partial charge in [0, 0.05) is 5.56 Å². The molecule has 0 bridgehead atoms. The molecule has 2 rings (SSSR count). The highest BCUT2D eigenvalue weighted by Crippen LogP contribution is 2.44. The smallest absolute Gasteiger partial charge is 0.170 e. The number of carbonyl (C=O) groups is 1. The Labute approximate surface area is 195 Å². The number of hydrogen-bond acceptors (Lipinski definition) is 3. The first-order chi connectivity index (χ1) is 14.9. The van der Waals surface area contributed by atoms with Gasteiger partial charge in [-0.2, -0.15) is 0 Å². The van der Waals surface area contributed by atoms with Crippen LogP contribution < -0.4 is 4.74 Å². The standard InChI is InChI=1S/C29H42O3/c1-19(2)12-9-13-20(3)14-10-15-21(4)16-11-17-29(8)18-25(30)26-24(7)27(31)22(5)23(6)28(26)32-29/h10,12,15-16,20,31H,9,11,13-14,17-18H2,1-8H3/b15-10+,21-16+. The third kappa shape index (κ3) is 6.60.